The van der Waals surface area contributed by atoms with E-state index in [0.29, 0.717) is 24.0 Å². The topological polar surface area (TPSA) is 47.6 Å². The van der Waals surface area contributed by atoms with Crippen LogP contribution >= 0.6 is 0 Å². The maximum Gasteiger partial charge on any atom is 0.258 e. The molecule has 0 aromatic heterocycles. The molecular weight excluding hydrogens is 266 g/mol. The number of carbonyl (C=O) groups excluding carboxylic acids is 1. The Kier molecular flexibility index (Phi) is 7.65. The summed E-state index contributed by atoms with van der Waals surface area (Å²) in [5.74, 6) is 1.82. The van der Waals surface area contributed by atoms with Crippen molar-refractivity contribution in [3.05, 3.63) is 24.3 Å². The second-order valence-electron chi connectivity index (χ2n) is 5.61. The molecule has 0 saturated heterocycles. The molecule has 118 valence electrons. The summed E-state index contributed by atoms with van der Waals surface area (Å²) in [7, 11) is 0. The van der Waals surface area contributed by atoms with E-state index in [-0.39, 0.29) is 18.6 Å². The fourth-order valence-corrected chi connectivity index (χ4v) is 1.96. The Balaban J connectivity index is 2.39. The molecule has 0 spiro atoms. The van der Waals surface area contributed by atoms with Gasteiger partial charge in [0.1, 0.15) is 0 Å². The Labute approximate surface area is 127 Å². The van der Waals surface area contributed by atoms with Gasteiger partial charge in [-0.1, -0.05) is 26.0 Å². The fraction of sp³-hybridized carbons (Fsp3) is 0.588. The number of benzene rings is 1. The van der Waals surface area contributed by atoms with Gasteiger partial charge in [0.25, 0.3) is 5.91 Å². The number of nitrogens with one attached hydrogen (secondary N) is 1. The highest BCUT2D eigenvalue weighted by Crippen LogP contribution is 2.26. The Bertz CT molecular complexity index is 432. The molecule has 1 rings (SSSR count). The van der Waals surface area contributed by atoms with Crippen LogP contribution in [0.3, 0.4) is 0 Å². The van der Waals surface area contributed by atoms with Crippen molar-refractivity contribution in [2.45, 2.75) is 46.6 Å². The lowest BCUT2D eigenvalue weighted by Gasteiger charge is -2.16. The third-order valence-corrected chi connectivity index (χ3v) is 3.09. The Hall–Kier alpha value is -1.71. The van der Waals surface area contributed by atoms with Crippen LogP contribution in [0.1, 0.15) is 40.5 Å². The molecule has 1 atom stereocenters. The summed E-state index contributed by atoms with van der Waals surface area (Å²) >= 11 is 0. The molecule has 0 bridgehead atoms. The molecule has 0 heterocycles. The van der Waals surface area contributed by atoms with Crippen molar-refractivity contribution in [3.63, 3.8) is 0 Å². The highest BCUT2D eigenvalue weighted by Gasteiger charge is 2.10. The van der Waals surface area contributed by atoms with Crippen molar-refractivity contribution < 1.29 is 14.3 Å². The predicted molar refractivity (Wildman–Crippen MR) is 84.8 cm³/mol. The molecule has 0 radical (unpaired) electrons. The lowest BCUT2D eigenvalue weighted by atomic mass is 10.0. The van der Waals surface area contributed by atoms with Crippen molar-refractivity contribution in [3.8, 4) is 11.5 Å². The molecule has 0 aliphatic heterocycles. The average Bonchev–Trinajstić information content (AvgIpc) is 2.44. The van der Waals surface area contributed by atoms with Crippen LogP contribution in [0.5, 0.6) is 11.5 Å². The molecule has 1 N–H and O–H groups in total. The van der Waals surface area contributed by atoms with E-state index in [0.717, 1.165) is 12.8 Å². The zero-order valence-corrected chi connectivity index (χ0v) is 13.5. The quantitative estimate of drug-likeness (QED) is 0.759. The van der Waals surface area contributed by atoms with Gasteiger partial charge in [-0.25, -0.2) is 0 Å². The fourth-order valence-electron chi connectivity index (χ4n) is 1.96. The number of amides is 1. The summed E-state index contributed by atoms with van der Waals surface area (Å²) < 4.78 is 11.0. The first-order valence-electron chi connectivity index (χ1n) is 7.66. The standard InChI is InChI=1S/C17H27NO3/c1-5-20-15-8-6-7-9-16(15)21-12-17(19)18-14(4)11-10-13(2)3/h6-9,13-14H,5,10-12H2,1-4H3,(H,18,19). The van der Waals surface area contributed by atoms with Gasteiger partial charge < -0.3 is 14.8 Å². The SMILES string of the molecule is CCOc1ccccc1OCC(=O)NC(C)CCC(C)C. The zero-order valence-electron chi connectivity index (χ0n) is 13.5. The highest BCUT2D eigenvalue weighted by atomic mass is 16.5. The van der Waals surface area contributed by atoms with Gasteiger partial charge in [0, 0.05) is 6.04 Å². The molecule has 0 aliphatic rings. The number of hydrogen-bond donors (Lipinski definition) is 1. The monoisotopic (exact) mass is 293 g/mol. The largest absolute Gasteiger partial charge is 0.490 e. The van der Waals surface area contributed by atoms with E-state index in [1.165, 1.54) is 0 Å². The van der Waals surface area contributed by atoms with E-state index in [1.807, 2.05) is 32.0 Å². The third-order valence-electron chi connectivity index (χ3n) is 3.09. The Morgan fingerprint density at radius 1 is 1.10 bits per heavy atom. The molecule has 1 amide bonds. The average molecular weight is 293 g/mol. The molecule has 0 aliphatic carbocycles. The highest BCUT2D eigenvalue weighted by molar-refractivity contribution is 5.77. The minimum atomic E-state index is -0.0995. The van der Waals surface area contributed by atoms with Crippen molar-refractivity contribution in [1.82, 2.24) is 5.32 Å². The molecular formula is C17H27NO3. The lowest BCUT2D eigenvalue weighted by molar-refractivity contribution is -0.123. The van der Waals surface area contributed by atoms with E-state index in [4.69, 9.17) is 9.47 Å². The van der Waals surface area contributed by atoms with Crippen LogP contribution in [0.15, 0.2) is 24.3 Å². The number of rotatable bonds is 9. The Morgan fingerprint density at radius 3 is 2.29 bits per heavy atom. The van der Waals surface area contributed by atoms with Gasteiger partial charge in [0.2, 0.25) is 0 Å². The van der Waals surface area contributed by atoms with Crippen LogP contribution in [-0.4, -0.2) is 25.2 Å². The van der Waals surface area contributed by atoms with Crippen LogP contribution in [0, 0.1) is 5.92 Å². The van der Waals surface area contributed by atoms with E-state index >= 15 is 0 Å². The van der Waals surface area contributed by atoms with Gasteiger partial charge in [0.15, 0.2) is 18.1 Å². The molecule has 4 nitrogen and oxygen atoms in total. The van der Waals surface area contributed by atoms with E-state index in [2.05, 4.69) is 19.2 Å². The number of carbonyl (C=O) groups is 1. The van der Waals surface area contributed by atoms with E-state index < -0.39 is 0 Å². The van der Waals surface area contributed by atoms with E-state index in [9.17, 15) is 4.79 Å². The molecule has 4 heteroatoms. The smallest absolute Gasteiger partial charge is 0.258 e. The van der Waals surface area contributed by atoms with Gasteiger partial charge in [-0.2, -0.15) is 0 Å². The third kappa shape index (κ3) is 7.02. The zero-order chi connectivity index (χ0) is 15.7. The normalized spacial score (nSPS) is 12.0. The summed E-state index contributed by atoms with van der Waals surface area (Å²) in [5, 5.41) is 2.95. The molecule has 0 fully saturated rings. The maximum absolute atomic E-state index is 11.9. The first-order valence-corrected chi connectivity index (χ1v) is 7.66. The summed E-state index contributed by atoms with van der Waals surface area (Å²) in [4.78, 5) is 11.9. The van der Waals surface area contributed by atoms with Crippen LogP contribution < -0.4 is 14.8 Å². The van der Waals surface area contributed by atoms with Crippen LogP contribution in [0.4, 0.5) is 0 Å². The molecule has 1 aromatic carbocycles. The van der Waals surface area contributed by atoms with Crippen molar-refractivity contribution in [2.75, 3.05) is 13.2 Å². The number of para-hydroxylation sites is 2. The lowest BCUT2D eigenvalue weighted by Crippen LogP contribution is -2.36. The number of hydrogen-bond acceptors (Lipinski definition) is 3. The van der Waals surface area contributed by atoms with Gasteiger partial charge >= 0.3 is 0 Å². The molecule has 1 aromatic rings. The van der Waals surface area contributed by atoms with Gasteiger partial charge in [-0.3, -0.25) is 4.79 Å². The van der Waals surface area contributed by atoms with Crippen LogP contribution in [0.25, 0.3) is 0 Å². The summed E-state index contributed by atoms with van der Waals surface area (Å²) in [5.41, 5.74) is 0. The minimum Gasteiger partial charge on any atom is -0.490 e. The van der Waals surface area contributed by atoms with Gasteiger partial charge in [-0.15, -0.1) is 0 Å². The first kappa shape index (κ1) is 17.3. The Morgan fingerprint density at radius 2 is 1.71 bits per heavy atom. The van der Waals surface area contributed by atoms with Gasteiger partial charge in [0.05, 0.1) is 6.61 Å². The molecule has 1 unspecified atom stereocenters. The summed E-state index contributed by atoms with van der Waals surface area (Å²) in [6.45, 7) is 8.88. The second-order valence-corrected chi connectivity index (χ2v) is 5.61. The van der Waals surface area contributed by atoms with Crippen molar-refractivity contribution in [2.24, 2.45) is 5.92 Å². The predicted octanol–water partition coefficient (Wildman–Crippen LogP) is 3.41. The maximum atomic E-state index is 11.9. The van der Waals surface area contributed by atoms with Crippen molar-refractivity contribution >= 4 is 5.91 Å². The van der Waals surface area contributed by atoms with Crippen LogP contribution in [-0.2, 0) is 4.79 Å². The van der Waals surface area contributed by atoms with Gasteiger partial charge in [-0.05, 0) is 44.7 Å². The van der Waals surface area contributed by atoms with E-state index in [1.54, 1.807) is 6.07 Å². The summed E-state index contributed by atoms with van der Waals surface area (Å²) in [6.07, 6.45) is 2.09. The minimum absolute atomic E-state index is 0.0100. The molecule has 21 heavy (non-hydrogen) atoms. The van der Waals surface area contributed by atoms with Crippen LogP contribution in [0.2, 0.25) is 0 Å². The summed E-state index contributed by atoms with van der Waals surface area (Å²) in [6, 6.07) is 7.56. The first-order chi connectivity index (χ1) is 10.0. The second kappa shape index (κ2) is 9.27. The van der Waals surface area contributed by atoms with Crippen molar-refractivity contribution in [1.29, 1.82) is 0 Å². The number of ether oxygens (including phenoxy) is 2. The molecule has 0 saturated carbocycles.